The van der Waals surface area contributed by atoms with E-state index in [-0.39, 0.29) is 24.0 Å². The molecule has 0 saturated heterocycles. The van der Waals surface area contributed by atoms with Crippen molar-refractivity contribution in [2.75, 3.05) is 0 Å². The number of imidazole rings is 1. The Bertz CT molecular complexity index is 1700. The van der Waals surface area contributed by atoms with Crippen LogP contribution < -0.4 is 5.32 Å². The van der Waals surface area contributed by atoms with Gasteiger partial charge in [0.2, 0.25) is 0 Å². The zero-order valence-electron chi connectivity index (χ0n) is 20.8. The van der Waals surface area contributed by atoms with E-state index in [1.165, 1.54) is 12.1 Å². The number of aromatic amines is 1. The molecule has 0 aliphatic carbocycles. The van der Waals surface area contributed by atoms with Crippen LogP contribution in [0.2, 0.25) is 0 Å². The molecule has 6 nitrogen and oxygen atoms in total. The predicted molar refractivity (Wildman–Crippen MR) is 152 cm³/mol. The number of carbonyl (C=O) groups is 1. The lowest BCUT2D eigenvalue weighted by atomic mass is 9.98. The Morgan fingerprint density at radius 2 is 1.64 bits per heavy atom. The van der Waals surface area contributed by atoms with Gasteiger partial charge in [0.05, 0.1) is 29.7 Å². The summed E-state index contributed by atoms with van der Waals surface area (Å²) >= 11 is 0. The minimum absolute atomic E-state index is 0. The van der Waals surface area contributed by atoms with Gasteiger partial charge in [-0.1, -0.05) is 66.7 Å². The molecule has 0 spiro atoms. The summed E-state index contributed by atoms with van der Waals surface area (Å²) in [6, 6.07) is 27.9. The summed E-state index contributed by atoms with van der Waals surface area (Å²) in [7, 11) is 0. The number of fused-ring (bicyclic) bond motifs is 1. The molecule has 1 atom stereocenters. The average molecular weight is 538 g/mol. The van der Waals surface area contributed by atoms with E-state index in [0.717, 1.165) is 33.6 Å². The van der Waals surface area contributed by atoms with E-state index >= 15 is 4.39 Å². The molecule has 0 saturated carbocycles. The van der Waals surface area contributed by atoms with E-state index in [4.69, 9.17) is 0 Å². The molecule has 0 aliphatic heterocycles. The zero-order valence-corrected chi connectivity index (χ0v) is 21.6. The molecule has 0 aliphatic rings. The molecular formula is C31H25ClFN5O. The highest BCUT2D eigenvalue weighted by Crippen LogP contribution is 2.27. The number of rotatable bonds is 7. The lowest BCUT2D eigenvalue weighted by molar-refractivity contribution is 0.0932. The molecule has 1 unspecified atom stereocenters. The fourth-order valence-electron chi connectivity index (χ4n) is 4.66. The van der Waals surface area contributed by atoms with Crippen LogP contribution in [-0.2, 0) is 6.42 Å². The van der Waals surface area contributed by atoms with Crippen LogP contribution in [-0.4, -0.2) is 25.5 Å². The van der Waals surface area contributed by atoms with Crippen LogP contribution in [0.3, 0.4) is 0 Å². The standard InChI is InChI=1S/C31H24FN5O.ClH/c32-27-16-23(29-19-33-30-14-12-24(20-37(29)30)25-17-34-35-18-25)11-13-26(27)31(38)36-28(22-9-5-2-6-10-22)15-21-7-3-1-4-8-21;/h1-14,16-20,28H,15H2,(H,34,35)(H,36,38);1H. The Morgan fingerprint density at radius 1 is 0.897 bits per heavy atom. The van der Waals surface area contributed by atoms with Crippen molar-refractivity contribution in [2.24, 2.45) is 0 Å². The van der Waals surface area contributed by atoms with Crippen molar-refractivity contribution in [3.63, 3.8) is 0 Å². The van der Waals surface area contributed by atoms with E-state index in [1.54, 1.807) is 18.5 Å². The van der Waals surface area contributed by atoms with Crippen molar-refractivity contribution in [1.82, 2.24) is 24.9 Å². The lowest BCUT2D eigenvalue weighted by Gasteiger charge is -2.20. The third-order valence-electron chi connectivity index (χ3n) is 6.64. The molecule has 39 heavy (non-hydrogen) atoms. The van der Waals surface area contributed by atoms with Gasteiger partial charge in [-0.2, -0.15) is 5.10 Å². The minimum Gasteiger partial charge on any atom is -0.345 e. The molecule has 3 aromatic heterocycles. The summed E-state index contributed by atoms with van der Waals surface area (Å²) in [5.41, 5.74) is 6.01. The molecule has 3 aromatic carbocycles. The quantitative estimate of drug-likeness (QED) is 0.239. The van der Waals surface area contributed by atoms with Crippen molar-refractivity contribution >= 4 is 24.0 Å². The van der Waals surface area contributed by atoms with Crippen molar-refractivity contribution in [3.05, 3.63) is 138 Å². The topological polar surface area (TPSA) is 75.1 Å². The Labute approximate surface area is 231 Å². The molecule has 0 fully saturated rings. The smallest absolute Gasteiger partial charge is 0.254 e. The van der Waals surface area contributed by atoms with Gasteiger partial charge in [-0.15, -0.1) is 12.4 Å². The lowest BCUT2D eigenvalue weighted by Crippen LogP contribution is -2.30. The van der Waals surface area contributed by atoms with Gasteiger partial charge in [-0.05, 0) is 41.8 Å². The second-order valence-corrected chi connectivity index (χ2v) is 9.10. The van der Waals surface area contributed by atoms with E-state index in [2.05, 4.69) is 20.5 Å². The van der Waals surface area contributed by atoms with Crippen LogP contribution in [0.4, 0.5) is 4.39 Å². The third kappa shape index (κ3) is 5.44. The van der Waals surface area contributed by atoms with Crippen molar-refractivity contribution in [1.29, 1.82) is 0 Å². The van der Waals surface area contributed by atoms with Gasteiger partial charge in [-0.3, -0.25) is 14.3 Å². The first-order chi connectivity index (χ1) is 18.7. The Morgan fingerprint density at radius 3 is 2.36 bits per heavy atom. The SMILES string of the molecule is Cl.O=C(NC(Cc1ccccc1)c1ccccc1)c1ccc(-c2cnc3ccc(-c4cn[nH]c4)cn23)cc1F. The first-order valence-electron chi connectivity index (χ1n) is 12.3. The molecule has 6 rings (SSSR count). The number of hydrogen-bond acceptors (Lipinski definition) is 3. The van der Waals surface area contributed by atoms with Gasteiger partial charge in [0.15, 0.2) is 0 Å². The number of carbonyl (C=O) groups excluding carboxylic acids is 1. The molecule has 2 N–H and O–H groups in total. The maximum atomic E-state index is 15.4. The Kier molecular flexibility index (Phi) is 7.52. The number of H-pyrrole nitrogens is 1. The molecule has 0 radical (unpaired) electrons. The maximum Gasteiger partial charge on any atom is 0.254 e. The highest BCUT2D eigenvalue weighted by molar-refractivity contribution is 5.95. The summed E-state index contributed by atoms with van der Waals surface area (Å²) in [5, 5.41) is 9.87. The Balaban J connectivity index is 0.00000308. The second-order valence-electron chi connectivity index (χ2n) is 9.10. The molecule has 8 heteroatoms. The largest absolute Gasteiger partial charge is 0.345 e. The number of hydrogen-bond donors (Lipinski definition) is 2. The van der Waals surface area contributed by atoms with Crippen LogP contribution in [0.15, 0.2) is 116 Å². The summed E-state index contributed by atoms with van der Waals surface area (Å²) in [5.74, 6) is -1.05. The zero-order chi connectivity index (χ0) is 25.9. The van der Waals surface area contributed by atoms with Gasteiger partial charge in [0.1, 0.15) is 11.5 Å². The van der Waals surface area contributed by atoms with E-state index in [0.29, 0.717) is 12.0 Å². The van der Waals surface area contributed by atoms with E-state index < -0.39 is 11.7 Å². The number of halogens is 2. The van der Waals surface area contributed by atoms with Gasteiger partial charge in [0, 0.05) is 29.1 Å². The van der Waals surface area contributed by atoms with Gasteiger partial charge in [-0.25, -0.2) is 9.37 Å². The molecule has 3 heterocycles. The fourth-order valence-corrected chi connectivity index (χ4v) is 4.66. The van der Waals surface area contributed by atoms with Crippen LogP contribution in [0.25, 0.3) is 28.0 Å². The second kappa shape index (κ2) is 11.3. The maximum absolute atomic E-state index is 15.4. The normalized spacial score (nSPS) is 11.6. The minimum atomic E-state index is -0.590. The highest BCUT2D eigenvalue weighted by atomic mass is 35.5. The summed E-state index contributed by atoms with van der Waals surface area (Å²) in [6.45, 7) is 0. The summed E-state index contributed by atoms with van der Waals surface area (Å²) < 4.78 is 17.3. The predicted octanol–water partition coefficient (Wildman–Crippen LogP) is 6.67. The summed E-state index contributed by atoms with van der Waals surface area (Å²) in [6.07, 6.45) is 7.79. The van der Waals surface area contributed by atoms with Crippen molar-refractivity contribution in [2.45, 2.75) is 12.5 Å². The van der Waals surface area contributed by atoms with Crippen LogP contribution >= 0.6 is 12.4 Å². The van der Waals surface area contributed by atoms with E-state index in [9.17, 15) is 4.79 Å². The number of nitrogens with one attached hydrogen (secondary N) is 2. The van der Waals surface area contributed by atoms with Gasteiger partial charge in [0.25, 0.3) is 5.91 Å². The average Bonchev–Trinajstić information content (AvgIpc) is 3.64. The number of amides is 1. The Hall–Kier alpha value is -4.75. The fraction of sp³-hybridized carbons (Fsp3) is 0.0645. The van der Waals surface area contributed by atoms with Crippen LogP contribution in [0.5, 0.6) is 0 Å². The third-order valence-corrected chi connectivity index (χ3v) is 6.64. The highest BCUT2D eigenvalue weighted by Gasteiger charge is 2.20. The van der Waals surface area contributed by atoms with Crippen molar-refractivity contribution in [3.8, 4) is 22.4 Å². The van der Waals surface area contributed by atoms with Crippen molar-refractivity contribution < 1.29 is 9.18 Å². The van der Waals surface area contributed by atoms with Crippen LogP contribution in [0.1, 0.15) is 27.5 Å². The monoisotopic (exact) mass is 537 g/mol. The summed E-state index contributed by atoms with van der Waals surface area (Å²) in [4.78, 5) is 17.7. The first kappa shape index (κ1) is 25.9. The number of aromatic nitrogens is 4. The van der Waals surface area contributed by atoms with Gasteiger partial charge < -0.3 is 5.32 Å². The molecule has 0 bridgehead atoms. The number of nitrogens with zero attached hydrogens (tertiary/aromatic N) is 3. The number of benzene rings is 3. The molecule has 1 amide bonds. The van der Waals surface area contributed by atoms with Crippen LogP contribution in [0, 0.1) is 5.82 Å². The molecule has 194 valence electrons. The molecule has 6 aromatic rings. The molecular weight excluding hydrogens is 513 g/mol. The first-order valence-corrected chi connectivity index (χ1v) is 12.3. The van der Waals surface area contributed by atoms with E-state index in [1.807, 2.05) is 89.6 Å². The van der Waals surface area contributed by atoms with Gasteiger partial charge >= 0.3 is 0 Å². The number of pyridine rings is 1.